The highest BCUT2D eigenvalue weighted by Crippen LogP contribution is 2.54. The lowest BCUT2D eigenvalue weighted by molar-refractivity contribution is 0.399. The molecule has 4 nitrogen and oxygen atoms in total. The zero-order chi connectivity index (χ0) is 12.6. The fourth-order valence-corrected chi connectivity index (χ4v) is 2.29. The maximum atomic E-state index is 10.5. The first-order valence-corrected chi connectivity index (χ1v) is 5.52. The van der Waals surface area contributed by atoms with Crippen molar-refractivity contribution in [2.75, 3.05) is 7.11 Å². The molecule has 0 atom stereocenters. The van der Waals surface area contributed by atoms with E-state index in [1.165, 1.54) is 0 Å². The topological polar surface area (TPSA) is 58.9 Å². The van der Waals surface area contributed by atoms with Gasteiger partial charge in [0.05, 0.1) is 7.11 Å². The van der Waals surface area contributed by atoms with Crippen molar-refractivity contribution in [1.82, 2.24) is 0 Å². The third-order valence-electron chi connectivity index (χ3n) is 3.37. The molecule has 1 fully saturated rings. The minimum absolute atomic E-state index is 0.179. The van der Waals surface area contributed by atoms with E-state index in [1.54, 1.807) is 20.1 Å². The van der Waals surface area contributed by atoms with Crippen molar-refractivity contribution in [3.8, 4) is 11.5 Å². The van der Waals surface area contributed by atoms with Crippen LogP contribution in [0.25, 0.3) is 0 Å². The Balaban J connectivity index is 2.63. The Morgan fingerprint density at radius 2 is 2.12 bits per heavy atom. The summed E-state index contributed by atoms with van der Waals surface area (Å²) < 4.78 is 5.19. The van der Waals surface area contributed by atoms with Crippen LogP contribution in [-0.2, 0) is 10.3 Å². The van der Waals surface area contributed by atoms with Crippen molar-refractivity contribution in [1.29, 1.82) is 0 Å². The largest absolute Gasteiger partial charge is 0.507 e. The Labute approximate surface area is 99.9 Å². The molecule has 0 spiro atoms. The van der Waals surface area contributed by atoms with Crippen LogP contribution in [0.3, 0.4) is 0 Å². The molecule has 17 heavy (non-hydrogen) atoms. The summed E-state index contributed by atoms with van der Waals surface area (Å²) in [4.78, 5) is 14.3. The summed E-state index contributed by atoms with van der Waals surface area (Å²) in [7, 11) is 1.57. The number of aromatic hydroxyl groups is 1. The molecule has 1 aromatic carbocycles. The van der Waals surface area contributed by atoms with Crippen LogP contribution < -0.4 is 4.74 Å². The quantitative estimate of drug-likeness (QED) is 0.644. The number of isocyanates is 1. The molecule has 1 aromatic rings. The lowest BCUT2D eigenvalue weighted by atomic mass is 9.95. The minimum Gasteiger partial charge on any atom is -0.507 e. The summed E-state index contributed by atoms with van der Waals surface area (Å²) in [5.74, 6) is 0.827. The van der Waals surface area contributed by atoms with Gasteiger partial charge in [-0.3, -0.25) is 0 Å². The van der Waals surface area contributed by atoms with Gasteiger partial charge in [0.2, 0.25) is 6.08 Å². The first-order chi connectivity index (χ1) is 8.05. The average molecular weight is 233 g/mol. The number of methoxy groups -OCH3 is 1. The molecule has 90 valence electrons. The van der Waals surface area contributed by atoms with Gasteiger partial charge >= 0.3 is 0 Å². The van der Waals surface area contributed by atoms with Crippen molar-refractivity contribution >= 4 is 6.08 Å². The number of aliphatic imine (C=N–C) groups is 1. The van der Waals surface area contributed by atoms with E-state index in [0.29, 0.717) is 11.3 Å². The van der Waals surface area contributed by atoms with Crippen molar-refractivity contribution < 1.29 is 14.6 Å². The lowest BCUT2D eigenvalue weighted by Gasteiger charge is -2.18. The number of rotatable bonds is 3. The van der Waals surface area contributed by atoms with Crippen LogP contribution in [0.15, 0.2) is 11.1 Å². The van der Waals surface area contributed by atoms with Gasteiger partial charge in [-0.25, -0.2) is 4.79 Å². The second-order valence-electron chi connectivity index (χ2n) is 4.48. The molecule has 1 aliphatic rings. The predicted octanol–water partition coefficient (Wildman–Crippen LogP) is 2.34. The van der Waals surface area contributed by atoms with Crippen molar-refractivity contribution in [2.45, 2.75) is 32.2 Å². The highest BCUT2D eigenvalue weighted by Gasteiger charge is 2.48. The maximum Gasteiger partial charge on any atom is 0.235 e. The number of nitrogens with zero attached hydrogens (tertiary/aromatic N) is 1. The molecule has 0 unspecified atom stereocenters. The van der Waals surface area contributed by atoms with E-state index in [1.807, 2.05) is 13.0 Å². The molecule has 1 saturated carbocycles. The fraction of sp³-hybridized carbons (Fsp3) is 0.462. The molecular weight excluding hydrogens is 218 g/mol. The molecule has 0 radical (unpaired) electrons. The van der Waals surface area contributed by atoms with Crippen LogP contribution in [0.4, 0.5) is 0 Å². The van der Waals surface area contributed by atoms with E-state index in [9.17, 15) is 9.90 Å². The third-order valence-corrected chi connectivity index (χ3v) is 3.37. The number of hydrogen-bond donors (Lipinski definition) is 1. The summed E-state index contributed by atoms with van der Waals surface area (Å²) >= 11 is 0. The van der Waals surface area contributed by atoms with E-state index < -0.39 is 5.54 Å². The van der Waals surface area contributed by atoms with Gasteiger partial charge in [-0.1, -0.05) is 0 Å². The highest BCUT2D eigenvalue weighted by molar-refractivity contribution is 5.58. The normalized spacial score (nSPS) is 16.2. The molecule has 4 heteroatoms. The zero-order valence-corrected chi connectivity index (χ0v) is 10.2. The summed E-state index contributed by atoms with van der Waals surface area (Å²) in [6, 6.07) is 1.87. The molecule has 2 rings (SSSR count). The number of ether oxygens (including phenoxy) is 1. The molecule has 0 saturated heterocycles. The van der Waals surface area contributed by atoms with Crippen LogP contribution in [0, 0.1) is 13.8 Å². The molecule has 0 aromatic heterocycles. The smallest absolute Gasteiger partial charge is 0.235 e. The van der Waals surface area contributed by atoms with Crippen molar-refractivity contribution in [2.24, 2.45) is 4.99 Å². The number of hydrogen-bond acceptors (Lipinski definition) is 4. The molecule has 0 bridgehead atoms. The van der Waals surface area contributed by atoms with Crippen molar-refractivity contribution in [3.05, 3.63) is 22.8 Å². The Hall–Kier alpha value is -1.80. The van der Waals surface area contributed by atoms with Gasteiger partial charge < -0.3 is 9.84 Å². The molecular formula is C13H15NO3. The third kappa shape index (κ3) is 1.71. The fourth-order valence-electron chi connectivity index (χ4n) is 2.29. The number of phenolic OH excluding ortho intramolecular Hbond substituents is 1. The van der Waals surface area contributed by atoms with Crippen LogP contribution in [0.2, 0.25) is 0 Å². The van der Waals surface area contributed by atoms with Gasteiger partial charge in [-0.05, 0) is 38.3 Å². The van der Waals surface area contributed by atoms with E-state index >= 15 is 0 Å². The van der Waals surface area contributed by atoms with Gasteiger partial charge in [-0.15, -0.1) is 0 Å². The van der Waals surface area contributed by atoms with Gasteiger partial charge in [0.1, 0.15) is 17.0 Å². The SMILES string of the molecule is COc1cc(C)c(C2(N=C=O)CC2)c(O)c1C. The Kier molecular flexibility index (Phi) is 2.68. The molecule has 0 aliphatic heterocycles. The van der Waals surface area contributed by atoms with Crippen LogP contribution in [0.5, 0.6) is 11.5 Å². The summed E-state index contributed by atoms with van der Waals surface area (Å²) in [5.41, 5.74) is 1.76. The second-order valence-corrected chi connectivity index (χ2v) is 4.48. The second kappa shape index (κ2) is 3.90. The molecule has 0 heterocycles. The van der Waals surface area contributed by atoms with E-state index in [0.717, 1.165) is 24.0 Å². The molecule has 0 amide bonds. The first-order valence-electron chi connectivity index (χ1n) is 5.52. The van der Waals surface area contributed by atoms with Crippen LogP contribution >= 0.6 is 0 Å². The number of aryl methyl sites for hydroxylation is 1. The maximum absolute atomic E-state index is 10.5. The monoisotopic (exact) mass is 233 g/mol. The van der Waals surface area contributed by atoms with Gasteiger partial charge in [0.25, 0.3) is 0 Å². The molecule has 1 N–H and O–H groups in total. The highest BCUT2D eigenvalue weighted by atomic mass is 16.5. The van der Waals surface area contributed by atoms with Gasteiger partial charge in [0, 0.05) is 11.1 Å². The Morgan fingerprint density at radius 1 is 1.47 bits per heavy atom. The minimum atomic E-state index is -0.549. The summed E-state index contributed by atoms with van der Waals surface area (Å²) in [6.07, 6.45) is 3.16. The number of benzene rings is 1. The Bertz CT molecular complexity index is 512. The lowest BCUT2D eigenvalue weighted by Crippen LogP contribution is -2.07. The van der Waals surface area contributed by atoms with Crippen molar-refractivity contribution in [3.63, 3.8) is 0 Å². The number of carbonyl (C=O) groups excluding carboxylic acids is 1. The summed E-state index contributed by atoms with van der Waals surface area (Å²) in [5, 5.41) is 10.2. The van der Waals surface area contributed by atoms with Gasteiger partial charge in [-0.2, -0.15) is 4.99 Å². The zero-order valence-electron chi connectivity index (χ0n) is 10.2. The predicted molar refractivity (Wildman–Crippen MR) is 63.2 cm³/mol. The summed E-state index contributed by atoms with van der Waals surface area (Å²) in [6.45, 7) is 3.68. The standard InChI is InChI=1S/C13H15NO3/c1-8-6-10(17-3)9(2)12(16)11(8)13(4-5-13)14-7-15/h6,16H,4-5H2,1-3H3. The molecule has 1 aliphatic carbocycles. The average Bonchev–Trinajstić information content (AvgIpc) is 3.05. The first kappa shape index (κ1) is 11.7. The van der Waals surface area contributed by atoms with Crippen LogP contribution in [-0.4, -0.2) is 18.3 Å². The van der Waals surface area contributed by atoms with Gasteiger partial charge in [0.15, 0.2) is 0 Å². The van der Waals surface area contributed by atoms with E-state index in [-0.39, 0.29) is 5.75 Å². The van der Waals surface area contributed by atoms with Crippen LogP contribution in [0.1, 0.15) is 29.5 Å². The number of phenols is 1. The van der Waals surface area contributed by atoms with E-state index in [4.69, 9.17) is 4.74 Å². The Morgan fingerprint density at radius 3 is 2.59 bits per heavy atom. The van der Waals surface area contributed by atoms with E-state index in [2.05, 4.69) is 4.99 Å².